The number of pyridine rings is 1. The number of nitrogens with one attached hydrogen (secondary N) is 1. The van der Waals surface area contributed by atoms with Crippen LogP contribution < -0.4 is 5.32 Å². The minimum atomic E-state index is 0.504. The number of hydrogen-bond donors (Lipinski definition) is 1. The first-order valence-corrected chi connectivity index (χ1v) is 9.69. The molecular formula is C20H28N6. The Kier molecular flexibility index (Phi) is 4.93. The fraction of sp³-hybridized carbons (Fsp3) is 0.500. The molecule has 0 spiro atoms. The molecule has 0 radical (unpaired) electrons. The molecule has 1 fully saturated rings. The van der Waals surface area contributed by atoms with Gasteiger partial charge in [0.2, 0.25) is 0 Å². The van der Waals surface area contributed by atoms with Gasteiger partial charge in [-0.3, -0.25) is 4.68 Å². The van der Waals surface area contributed by atoms with Crippen molar-refractivity contribution in [3.8, 4) is 0 Å². The molecule has 1 N–H and O–H groups in total. The Hall–Kier alpha value is -2.34. The molecular weight excluding hydrogens is 324 g/mol. The van der Waals surface area contributed by atoms with Gasteiger partial charge < -0.3 is 14.6 Å². The van der Waals surface area contributed by atoms with Gasteiger partial charge in [0, 0.05) is 24.3 Å². The first kappa shape index (κ1) is 17.1. The Bertz CT molecular complexity index is 856. The van der Waals surface area contributed by atoms with Gasteiger partial charge in [-0.15, -0.1) is 0 Å². The minimum Gasteiger partial charge on any atom is -0.350 e. The number of imidazole rings is 1. The second-order valence-electron chi connectivity index (χ2n) is 7.34. The van der Waals surface area contributed by atoms with Crippen molar-refractivity contribution in [2.75, 3.05) is 25.5 Å². The first-order chi connectivity index (χ1) is 12.7. The third-order valence-corrected chi connectivity index (χ3v) is 5.34. The third kappa shape index (κ3) is 3.46. The lowest BCUT2D eigenvalue weighted by Crippen LogP contribution is -2.31. The summed E-state index contributed by atoms with van der Waals surface area (Å²) in [4.78, 5) is 7.02. The predicted molar refractivity (Wildman–Crippen MR) is 105 cm³/mol. The lowest BCUT2D eigenvalue weighted by molar-refractivity contribution is 0.212. The molecule has 1 aliphatic heterocycles. The maximum atomic E-state index is 4.64. The summed E-state index contributed by atoms with van der Waals surface area (Å²) >= 11 is 0. The van der Waals surface area contributed by atoms with Crippen LogP contribution >= 0.6 is 0 Å². The molecule has 1 aliphatic rings. The molecule has 4 rings (SSSR count). The quantitative estimate of drug-likeness (QED) is 0.731. The van der Waals surface area contributed by atoms with Gasteiger partial charge >= 0.3 is 0 Å². The number of nitrogens with zero attached hydrogens (tertiary/aromatic N) is 5. The predicted octanol–water partition coefficient (Wildman–Crippen LogP) is 3.88. The normalized spacial score (nSPS) is 16.4. The van der Waals surface area contributed by atoms with E-state index in [0.29, 0.717) is 6.04 Å². The zero-order chi connectivity index (χ0) is 17.9. The lowest BCUT2D eigenvalue weighted by atomic mass is 10.1. The summed E-state index contributed by atoms with van der Waals surface area (Å²) in [6.45, 7) is 4.50. The molecule has 3 aromatic heterocycles. The van der Waals surface area contributed by atoms with Crippen LogP contribution in [-0.4, -0.2) is 44.2 Å². The van der Waals surface area contributed by atoms with E-state index in [0.717, 1.165) is 49.4 Å². The van der Waals surface area contributed by atoms with Crippen LogP contribution in [0.2, 0.25) is 0 Å². The van der Waals surface area contributed by atoms with Gasteiger partial charge in [0.15, 0.2) is 5.65 Å². The number of anilines is 2. The van der Waals surface area contributed by atoms with Crippen molar-refractivity contribution in [1.29, 1.82) is 0 Å². The van der Waals surface area contributed by atoms with Crippen LogP contribution in [0.4, 0.5) is 11.4 Å². The summed E-state index contributed by atoms with van der Waals surface area (Å²) in [6.07, 6.45) is 13.9. The number of likely N-dealkylation sites (tertiary alicyclic amines) is 1. The summed E-state index contributed by atoms with van der Waals surface area (Å²) in [5.74, 6) is 0. The molecule has 1 saturated heterocycles. The van der Waals surface area contributed by atoms with Crippen LogP contribution in [-0.2, 0) is 6.42 Å². The molecule has 6 heteroatoms. The molecule has 0 unspecified atom stereocenters. The van der Waals surface area contributed by atoms with E-state index in [1.54, 1.807) is 0 Å². The average molecular weight is 352 g/mol. The van der Waals surface area contributed by atoms with E-state index in [2.05, 4.69) is 67.9 Å². The number of unbranched alkanes of at least 4 members (excludes halogenated alkanes) is 1. The van der Waals surface area contributed by atoms with E-state index >= 15 is 0 Å². The maximum absolute atomic E-state index is 4.64. The van der Waals surface area contributed by atoms with E-state index in [1.165, 1.54) is 18.5 Å². The fourth-order valence-electron chi connectivity index (χ4n) is 3.72. The lowest BCUT2D eigenvalue weighted by Gasteiger charge is -2.28. The molecule has 0 saturated carbocycles. The fourth-order valence-corrected chi connectivity index (χ4v) is 3.72. The summed E-state index contributed by atoms with van der Waals surface area (Å²) < 4.78 is 4.31. The van der Waals surface area contributed by atoms with E-state index < -0.39 is 0 Å². The SMILES string of the molecule is CCCCc1cnc2c(Nc3cnn(C4CCN(C)CC4)c3)cccn12. The summed E-state index contributed by atoms with van der Waals surface area (Å²) in [7, 11) is 2.19. The largest absolute Gasteiger partial charge is 0.350 e. The van der Waals surface area contributed by atoms with Crippen LogP contribution in [0.5, 0.6) is 0 Å². The Labute approximate surface area is 154 Å². The number of aryl methyl sites for hydroxylation is 1. The highest BCUT2D eigenvalue weighted by Gasteiger charge is 2.19. The van der Waals surface area contributed by atoms with E-state index in [9.17, 15) is 0 Å². The van der Waals surface area contributed by atoms with Gasteiger partial charge in [-0.2, -0.15) is 5.10 Å². The monoisotopic (exact) mass is 352 g/mol. The van der Waals surface area contributed by atoms with E-state index in [4.69, 9.17) is 0 Å². The van der Waals surface area contributed by atoms with Crippen molar-refractivity contribution in [3.05, 3.63) is 42.6 Å². The van der Waals surface area contributed by atoms with Crippen molar-refractivity contribution in [2.45, 2.75) is 45.1 Å². The second-order valence-corrected chi connectivity index (χ2v) is 7.34. The van der Waals surface area contributed by atoms with Crippen molar-refractivity contribution >= 4 is 17.0 Å². The summed E-state index contributed by atoms with van der Waals surface area (Å²) in [5, 5.41) is 8.10. The number of fused-ring (bicyclic) bond motifs is 1. The van der Waals surface area contributed by atoms with Crippen LogP contribution in [0, 0.1) is 0 Å². The third-order valence-electron chi connectivity index (χ3n) is 5.34. The molecule has 0 atom stereocenters. The molecule has 26 heavy (non-hydrogen) atoms. The maximum Gasteiger partial charge on any atom is 0.160 e. The van der Waals surface area contributed by atoms with Crippen LogP contribution in [0.3, 0.4) is 0 Å². The van der Waals surface area contributed by atoms with Crippen molar-refractivity contribution < 1.29 is 0 Å². The van der Waals surface area contributed by atoms with Crippen LogP contribution in [0.1, 0.15) is 44.3 Å². The molecule has 3 aromatic rings. The number of aromatic nitrogens is 4. The highest BCUT2D eigenvalue weighted by Crippen LogP contribution is 2.25. The zero-order valence-corrected chi connectivity index (χ0v) is 15.7. The smallest absolute Gasteiger partial charge is 0.160 e. The highest BCUT2D eigenvalue weighted by atomic mass is 15.3. The van der Waals surface area contributed by atoms with Crippen LogP contribution in [0.15, 0.2) is 36.9 Å². The Morgan fingerprint density at radius 3 is 2.88 bits per heavy atom. The van der Waals surface area contributed by atoms with E-state index in [-0.39, 0.29) is 0 Å². The highest BCUT2D eigenvalue weighted by molar-refractivity contribution is 5.73. The Balaban J connectivity index is 1.52. The number of piperidine rings is 1. The summed E-state index contributed by atoms with van der Waals surface area (Å²) in [5.41, 5.74) is 4.30. The average Bonchev–Trinajstić information content (AvgIpc) is 3.28. The Morgan fingerprint density at radius 1 is 1.23 bits per heavy atom. The zero-order valence-electron chi connectivity index (χ0n) is 15.7. The molecule has 6 nitrogen and oxygen atoms in total. The van der Waals surface area contributed by atoms with Crippen molar-refractivity contribution in [3.63, 3.8) is 0 Å². The molecule has 0 bridgehead atoms. The standard InChI is InChI=1S/C20H28N6/c1-3-4-6-18-14-21-20-19(7-5-10-25(18)20)23-16-13-22-26(15-16)17-8-11-24(2)12-9-17/h5,7,10,13-15,17,23H,3-4,6,8-9,11-12H2,1-2H3. The number of rotatable bonds is 6. The molecule has 0 amide bonds. The van der Waals surface area contributed by atoms with Crippen molar-refractivity contribution in [1.82, 2.24) is 24.1 Å². The van der Waals surface area contributed by atoms with Gasteiger partial charge in [0.25, 0.3) is 0 Å². The second kappa shape index (κ2) is 7.50. The Morgan fingerprint density at radius 2 is 2.08 bits per heavy atom. The molecule has 4 heterocycles. The van der Waals surface area contributed by atoms with Crippen molar-refractivity contribution in [2.24, 2.45) is 0 Å². The van der Waals surface area contributed by atoms with Gasteiger partial charge in [-0.1, -0.05) is 13.3 Å². The summed E-state index contributed by atoms with van der Waals surface area (Å²) in [6, 6.07) is 4.66. The van der Waals surface area contributed by atoms with Gasteiger partial charge in [-0.05, 0) is 58.0 Å². The molecule has 0 aromatic carbocycles. The van der Waals surface area contributed by atoms with Gasteiger partial charge in [0.1, 0.15) is 0 Å². The van der Waals surface area contributed by atoms with E-state index in [1.807, 2.05) is 12.4 Å². The molecule has 0 aliphatic carbocycles. The van der Waals surface area contributed by atoms with Gasteiger partial charge in [0.05, 0.1) is 23.6 Å². The first-order valence-electron chi connectivity index (χ1n) is 9.69. The topological polar surface area (TPSA) is 50.4 Å². The van der Waals surface area contributed by atoms with Crippen LogP contribution in [0.25, 0.3) is 5.65 Å². The van der Waals surface area contributed by atoms with Gasteiger partial charge in [-0.25, -0.2) is 4.98 Å². The number of hydrogen-bond acceptors (Lipinski definition) is 4. The minimum absolute atomic E-state index is 0.504. The molecule has 138 valence electrons.